The number of carbonyl (C=O) groups is 2. The third kappa shape index (κ3) is 4.28. The molecule has 0 aliphatic carbocycles. The number of carboxylic acid groups (broad SMARTS) is 1. The number of aromatic carboxylic acids is 1. The molecule has 1 aromatic heterocycles. The molecule has 0 spiro atoms. The number of hydrogen-bond donors (Lipinski definition) is 3. The number of benzene rings is 1. The van der Waals surface area contributed by atoms with Crippen molar-refractivity contribution in [1.82, 2.24) is 9.88 Å². The average Bonchev–Trinajstić information content (AvgIpc) is 2.87. The molecule has 0 radical (unpaired) electrons. The molecular weight excluding hydrogens is 320 g/mol. The molecule has 134 valence electrons. The van der Waals surface area contributed by atoms with Gasteiger partial charge in [-0.1, -0.05) is 29.8 Å². The zero-order valence-electron chi connectivity index (χ0n) is 14.8. The normalized spacial score (nSPS) is 10.7. The van der Waals surface area contributed by atoms with Crippen molar-refractivity contribution in [2.24, 2.45) is 0 Å². The Morgan fingerprint density at radius 3 is 2.28 bits per heavy atom. The summed E-state index contributed by atoms with van der Waals surface area (Å²) in [5, 5.41) is 18.4. The van der Waals surface area contributed by atoms with E-state index in [1.54, 1.807) is 18.7 Å². The molecule has 1 aromatic carbocycles. The molecule has 6 heteroatoms. The molecule has 0 fully saturated rings. The van der Waals surface area contributed by atoms with Crippen LogP contribution < -0.4 is 0 Å². The van der Waals surface area contributed by atoms with Crippen LogP contribution in [0.4, 0.5) is 0 Å². The number of nitrogens with zero attached hydrogens (tertiary/aromatic N) is 1. The van der Waals surface area contributed by atoms with Gasteiger partial charge in [0.25, 0.3) is 5.91 Å². The molecule has 6 nitrogen and oxygen atoms in total. The van der Waals surface area contributed by atoms with E-state index in [1.807, 2.05) is 31.2 Å². The van der Waals surface area contributed by atoms with E-state index in [2.05, 4.69) is 4.98 Å². The van der Waals surface area contributed by atoms with Crippen molar-refractivity contribution in [2.75, 3.05) is 13.2 Å². The fourth-order valence-corrected chi connectivity index (χ4v) is 2.87. The Balaban J connectivity index is 2.32. The Hall–Kier alpha value is -2.60. The average molecular weight is 344 g/mol. The highest BCUT2D eigenvalue weighted by molar-refractivity contribution is 6.00. The number of hydrogen-bond acceptors (Lipinski definition) is 3. The first-order valence-corrected chi connectivity index (χ1v) is 8.23. The SMILES string of the molecule is Cc1ccc(CN(CCCO)C(=O)c2c(C)[nH]c(C(=O)O)c2C)cc1. The zero-order chi connectivity index (χ0) is 18.6. The van der Waals surface area contributed by atoms with Crippen LogP contribution in [0.5, 0.6) is 0 Å². The smallest absolute Gasteiger partial charge is 0.352 e. The molecule has 0 bridgehead atoms. The van der Waals surface area contributed by atoms with Gasteiger partial charge in [-0.15, -0.1) is 0 Å². The number of carboxylic acids is 1. The number of rotatable bonds is 7. The maximum Gasteiger partial charge on any atom is 0.352 e. The number of aryl methyl sites for hydroxylation is 2. The topological polar surface area (TPSA) is 93.6 Å². The molecule has 0 aliphatic rings. The summed E-state index contributed by atoms with van der Waals surface area (Å²) in [6.07, 6.45) is 0.464. The van der Waals surface area contributed by atoms with Crippen molar-refractivity contribution in [3.63, 3.8) is 0 Å². The van der Waals surface area contributed by atoms with Gasteiger partial charge in [0, 0.05) is 25.4 Å². The van der Waals surface area contributed by atoms with Crippen molar-refractivity contribution < 1.29 is 19.8 Å². The van der Waals surface area contributed by atoms with E-state index in [4.69, 9.17) is 5.11 Å². The van der Waals surface area contributed by atoms with Crippen LogP contribution in [-0.4, -0.2) is 45.1 Å². The van der Waals surface area contributed by atoms with Gasteiger partial charge in [0.2, 0.25) is 0 Å². The molecule has 25 heavy (non-hydrogen) atoms. The molecule has 3 N–H and O–H groups in total. The Morgan fingerprint density at radius 2 is 1.76 bits per heavy atom. The second kappa shape index (κ2) is 7.98. The number of aromatic nitrogens is 1. The van der Waals surface area contributed by atoms with Crippen LogP contribution in [0.25, 0.3) is 0 Å². The minimum Gasteiger partial charge on any atom is -0.477 e. The molecule has 0 saturated heterocycles. The van der Waals surface area contributed by atoms with Crippen LogP contribution in [-0.2, 0) is 6.54 Å². The van der Waals surface area contributed by atoms with Crippen molar-refractivity contribution >= 4 is 11.9 Å². The van der Waals surface area contributed by atoms with Gasteiger partial charge in [0.15, 0.2) is 0 Å². The van der Waals surface area contributed by atoms with E-state index < -0.39 is 5.97 Å². The Morgan fingerprint density at radius 1 is 1.12 bits per heavy atom. The molecule has 0 atom stereocenters. The number of aromatic amines is 1. The Kier molecular flexibility index (Phi) is 5.98. The third-order valence-electron chi connectivity index (χ3n) is 4.23. The van der Waals surface area contributed by atoms with E-state index in [0.29, 0.717) is 36.3 Å². The molecule has 2 rings (SSSR count). The maximum absolute atomic E-state index is 13.0. The number of nitrogens with one attached hydrogen (secondary N) is 1. The first-order chi connectivity index (χ1) is 11.8. The van der Waals surface area contributed by atoms with Crippen molar-refractivity contribution in [1.29, 1.82) is 0 Å². The van der Waals surface area contributed by atoms with Crippen LogP contribution >= 0.6 is 0 Å². The van der Waals surface area contributed by atoms with Crippen LogP contribution in [0, 0.1) is 20.8 Å². The molecule has 0 aliphatic heterocycles. The lowest BCUT2D eigenvalue weighted by atomic mass is 10.1. The highest BCUT2D eigenvalue weighted by Gasteiger charge is 2.25. The third-order valence-corrected chi connectivity index (χ3v) is 4.23. The predicted molar refractivity (Wildman–Crippen MR) is 94.8 cm³/mol. The summed E-state index contributed by atoms with van der Waals surface area (Å²) in [6.45, 7) is 6.13. The highest BCUT2D eigenvalue weighted by Crippen LogP contribution is 2.21. The molecule has 0 saturated carbocycles. The van der Waals surface area contributed by atoms with E-state index in [9.17, 15) is 14.7 Å². The summed E-state index contributed by atoms with van der Waals surface area (Å²) in [6, 6.07) is 7.90. The van der Waals surface area contributed by atoms with Gasteiger partial charge >= 0.3 is 5.97 Å². The molecule has 1 heterocycles. The lowest BCUT2D eigenvalue weighted by Gasteiger charge is -2.23. The Bertz CT molecular complexity index is 762. The summed E-state index contributed by atoms with van der Waals surface area (Å²) in [7, 11) is 0. The minimum atomic E-state index is -1.08. The number of aliphatic hydroxyl groups is 1. The van der Waals surface area contributed by atoms with Crippen molar-refractivity contribution in [3.8, 4) is 0 Å². The summed E-state index contributed by atoms with van der Waals surface area (Å²) in [4.78, 5) is 28.7. The van der Waals surface area contributed by atoms with E-state index in [1.165, 1.54) is 0 Å². The fraction of sp³-hybridized carbons (Fsp3) is 0.368. The largest absolute Gasteiger partial charge is 0.477 e. The van der Waals surface area contributed by atoms with E-state index in [0.717, 1.165) is 11.1 Å². The van der Waals surface area contributed by atoms with Gasteiger partial charge in [-0.25, -0.2) is 4.79 Å². The van der Waals surface area contributed by atoms with Gasteiger partial charge in [0.1, 0.15) is 5.69 Å². The highest BCUT2D eigenvalue weighted by atomic mass is 16.4. The van der Waals surface area contributed by atoms with Gasteiger partial charge in [0.05, 0.1) is 5.56 Å². The summed E-state index contributed by atoms with van der Waals surface area (Å²) < 4.78 is 0. The van der Waals surface area contributed by atoms with Gasteiger partial charge in [-0.2, -0.15) is 0 Å². The zero-order valence-corrected chi connectivity index (χ0v) is 14.8. The lowest BCUT2D eigenvalue weighted by molar-refractivity contribution is 0.0690. The number of H-pyrrole nitrogens is 1. The monoisotopic (exact) mass is 344 g/mol. The summed E-state index contributed by atoms with van der Waals surface area (Å²) in [5.74, 6) is -1.31. The Labute approximate surface area is 147 Å². The van der Waals surface area contributed by atoms with E-state index in [-0.39, 0.29) is 18.2 Å². The maximum atomic E-state index is 13.0. The van der Waals surface area contributed by atoms with Crippen molar-refractivity contribution in [2.45, 2.75) is 33.7 Å². The molecule has 1 amide bonds. The van der Waals surface area contributed by atoms with Crippen LogP contribution in [0.15, 0.2) is 24.3 Å². The molecule has 2 aromatic rings. The standard InChI is InChI=1S/C19H24N2O4/c1-12-5-7-15(8-6-12)11-21(9-4-10-22)18(23)16-13(2)17(19(24)25)20-14(16)3/h5-8,20,22H,4,9-11H2,1-3H3,(H,24,25). The van der Waals surface area contributed by atoms with E-state index >= 15 is 0 Å². The summed E-state index contributed by atoms with van der Waals surface area (Å²) in [5.41, 5.74) is 3.54. The summed E-state index contributed by atoms with van der Waals surface area (Å²) >= 11 is 0. The van der Waals surface area contributed by atoms with Crippen LogP contribution in [0.2, 0.25) is 0 Å². The van der Waals surface area contributed by atoms with Crippen LogP contribution in [0.3, 0.4) is 0 Å². The van der Waals surface area contributed by atoms with Gasteiger partial charge in [-0.3, -0.25) is 4.79 Å². The lowest BCUT2D eigenvalue weighted by Crippen LogP contribution is -2.32. The minimum absolute atomic E-state index is 0.0108. The quantitative estimate of drug-likeness (QED) is 0.720. The first-order valence-electron chi connectivity index (χ1n) is 8.23. The molecular formula is C19H24N2O4. The van der Waals surface area contributed by atoms with Gasteiger partial charge < -0.3 is 20.1 Å². The van der Waals surface area contributed by atoms with Crippen LogP contribution in [0.1, 0.15) is 49.7 Å². The number of carbonyl (C=O) groups excluding carboxylic acids is 1. The number of amides is 1. The molecule has 0 unspecified atom stereocenters. The van der Waals surface area contributed by atoms with Crippen molar-refractivity contribution in [3.05, 3.63) is 57.9 Å². The van der Waals surface area contributed by atoms with Gasteiger partial charge in [-0.05, 0) is 38.3 Å². The number of aliphatic hydroxyl groups excluding tert-OH is 1. The second-order valence-corrected chi connectivity index (χ2v) is 6.22. The fourth-order valence-electron chi connectivity index (χ4n) is 2.87. The second-order valence-electron chi connectivity index (χ2n) is 6.22. The first kappa shape index (κ1) is 18.7. The predicted octanol–water partition coefficient (Wildman–Crippen LogP) is 2.66.